The Hall–Kier alpha value is -1.75. The van der Waals surface area contributed by atoms with E-state index >= 15 is 0 Å². The van der Waals surface area contributed by atoms with Crippen LogP contribution in [-0.2, 0) is 4.79 Å². The predicted molar refractivity (Wildman–Crippen MR) is 89.5 cm³/mol. The van der Waals surface area contributed by atoms with Crippen molar-refractivity contribution < 1.29 is 4.79 Å². The van der Waals surface area contributed by atoms with Crippen LogP contribution in [0.15, 0.2) is 35.7 Å². The first-order valence-corrected chi connectivity index (χ1v) is 8.50. The van der Waals surface area contributed by atoms with Crippen molar-refractivity contribution in [2.45, 2.75) is 50.1 Å². The van der Waals surface area contributed by atoms with Crippen LogP contribution < -0.4 is 5.32 Å². The van der Waals surface area contributed by atoms with Crippen LogP contribution in [0.25, 0.3) is 5.69 Å². The van der Waals surface area contributed by atoms with E-state index in [1.807, 2.05) is 17.7 Å². The molecule has 1 amide bonds. The molecule has 1 saturated carbocycles. The van der Waals surface area contributed by atoms with Crippen molar-refractivity contribution in [3.05, 3.63) is 41.7 Å². The number of aromatic nitrogens is 2. The lowest BCUT2D eigenvalue weighted by Crippen LogP contribution is -2.32. The molecule has 1 fully saturated rings. The molecule has 0 spiro atoms. The van der Waals surface area contributed by atoms with Crippen molar-refractivity contribution in [1.82, 2.24) is 14.9 Å². The third kappa shape index (κ3) is 3.53. The number of amides is 1. The number of benzene rings is 1. The van der Waals surface area contributed by atoms with Crippen LogP contribution in [0.5, 0.6) is 0 Å². The van der Waals surface area contributed by atoms with E-state index in [-0.39, 0.29) is 11.2 Å². The molecule has 1 unspecified atom stereocenters. The monoisotopic (exact) mass is 315 g/mol. The second kappa shape index (κ2) is 6.16. The minimum atomic E-state index is -0.146. The Morgan fingerprint density at radius 3 is 2.64 bits per heavy atom. The molecular weight excluding hydrogens is 294 g/mol. The van der Waals surface area contributed by atoms with Crippen molar-refractivity contribution in [2.24, 2.45) is 0 Å². The average molecular weight is 315 g/mol. The number of nitrogens with zero attached hydrogens (tertiary/aromatic N) is 2. The summed E-state index contributed by atoms with van der Waals surface area (Å²) >= 11 is 1.50. The van der Waals surface area contributed by atoms with Gasteiger partial charge in [0.2, 0.25) is 5.91 Å². The predicted octanol–water partition coefficient (Wildman–Crippen LogP) is 3.25. The minimum absolute atomic E-state index is 0.0995. The quantitative estimate of drug-likeness (QED) is 0.862. The van der Waals surface area contributed by atoms with Gasteiger partial charge in [-0.25, -0.2) is 4.98 Å². The summed E-state index contributed by atoms with van der Waals surface area (Å²) in [4.78, 5) is 16.5. The summed E-state index contributed by atoms with van der Waals surface area (Å²) in [5.74, 6) is 0.0995. The summed E-state index contributed by atoms with van der Waals surface area (Å²) in [5, 5.41) is 3.75. The molecule has 0 bridgehead atoms. The molecule has 1 heterocycles. The molecule has 116 valence electrons. The smallest absolute Gasteiger partial charge is 0.233 e. The molecule has 2 aromatic rings. The minimum Gasteiger partial charge on any atom is -0.352 e. The van der Waals surface area contributed by atoms with E-state index < -0.39 is 0 Å². The van der Waals surface area contributed by atoms with Crippen molar-refractivity contribution in [3.63, 3.8) is 0 Å². The fourth-order valence-corrected chi connectivity index (χ4v) is 3.31. The molecule has 1 aromatic heterocycles. The number of thioether (sulfide) groups is 1. The lowest BCUT2D eigenvalue weighted by atomic mass is 10.1. The maximum Gasteiger partial charge on any atom is 0.233 e. The highest BCUT2D eigenvalue weighted by atomic mass is 32.2. The number of imidazole rings is 1. The molecule has 0 aliphatic heterocycles. The van der Waals surface area contributed by atoms with Crippen LogP contribution in [0.2, 0.25) is 0 Å². The Kier molecular flexibility index (Phi) is 4.25. The van der Waals surface area contributed by atoms with E-state index in [9.17, 15) is 4.79 Å². The van der Waals surface area contributed by atoms with E-state index in [2.05, 4.69) is 42.3 Å². The molecule has 22 heavy (non-hydrogen) atoms. The van der Waals surface area contributed by atoms with Gasteiger partial charge in [0.25, 0.3) is 0 Å². The standard InChI is InChI=1S/C17H21N3OS/c1-11-8-12(2)10-15(9-11)20-7-6-18-17(20)22-13(3)16(21)19-14-4-5-14/h6-10,13-14H,4-5H2,1-3H3,(H,19,21). The van der Waals surface area contributed by atoms with E-state index in [1.165, 1.54) is 22.9 Å². The summed E-state index contributed by atoms with van der Waals surface area (Å²) in [6, 6.07) is 6.81. The fourth-order valence-electron chi connectivity index (χ4n) is 2.42. The molecule has 4 nitrogen and oxygen atoms in total. The van der Waals surface area contributed by atoms with Gasteiger partial charge in [0.15, 0.2) is 5.16 Å². The molecular formula is C17H21N3OS. The van der Waals surface area contributed by atoms with E-state index in [4.69, 9.17) is 0 Å². The van der Waals surface area contributed by atoms with Crippen molar-refractivity contribution >= 4 is 17.7 Å². The number of hydrogen-bond donors (Lipinski definition) is 1. The normalized spacial score (nSPS) is 15.6. The molecule has 1 atom stereocenters. The average Bonchev–Trinajstić information content (AvgIpc) is 3.13. The van der Waals surface area contributed by atoms with E-state index in [0.717, 1.165) is 23.7 Å². The summed E-state index contributed by atoms with van der Waals surface area (Å²) in [6.07, 6.45) is 5.95. The fraction of sp³-hybridized carbons (Fsp3) is 0.412. The molecule has 1 aliphatic rings. The Morgan fingerprint density at radius 2 is 2.00 bits per heavy atom. The lowest BCUT2D eigenvalue weighted by molar-refractivity contribution is -0.120. The van der Waals surface area contributed by atoms with Crippen LogP contribution in [0.1, 0.15) is 30.9 Å². The summed E-state index contributed by atoms with van der Waals surface area (Å²) in [6.45, 7) is 6.11. The number of carbonyl (C=O) groups is 1. The largest absolute Gasteiger partial charge is 0.352 e. The highest BCUT2D eigenvalue weighted by Gasteiger charge is 2.26. The molecule has 1 N–H and O–H groups in total. The topological polar surface area (TPSA) is 46.9 Å². The van der Waals surface area contributed by atoms with Gasteiger partial charge in [0, 0.05) is 24.1 Å². The Morgan fingerprint density at radius 1 is 1.32 bits per heavy atom. The van der Waals surface area contributed by atoms with Gasteiger partial charge in [-0.15, -0.1) is 0 Å². The molecule has 5 heteroatoms. The van der Waals surface area contributed by atoms with Gasteiger partial charge in [-0.1, -0.05) is 17.8 Å². The Balaban J connectivity index is 1.77. The SMILES string of the molecule is Cc1cc(C)cc(-n2ccnc2SC(C)C(=O)NC2CC2)c1. The Bertz CT molecular complexity index is 671. The number of nitrogens with one attached hydrogen (secondary N) is 1. The number of carbonyl (C=O) groups excluding carboxylic acids is 1. The van der Waals surface area contributed by atoms with Gasteiger partial charge < -0.3 is 5.32 Å². The maximum absolute atomic E-state index is 12.1. The molecule has 1 aromatic carbocycles. The third-order valence-electron chi connectivity index (χ3n) is 3.67. The van der Waals surface area contributed by atoms with Crippen molar-refractivity contribution in [3.8, 4) is 5.69 Å². The summed E-state index contributed by atoms with van der Waals surface area (Å²) in [5.41, 5.74) is 3.53. The first-order valence-electron chi connectivity index (χ1n) is 7.62. The number of hydrogen-bond acceptors (Lipinski definition) is 3. The third-order valence-corrected chi connectivity index (χ3v) is 4.75. The lowest BCUT2D eigenvalue weighted by Gasteiger charge is -2.13. The summed E-state index contributed by atoms with van der Waals surface area (Å²) < 4.78 is 2.05. The summed E-state index contributed by atoms with van der Waals surface area (Å²) in [7, 11) is 0. The molecule has 0 saturated heterocycles. The highest BCUT2D eigenvalue weighted by molar-refractivity contribution is 8.00. The van der Waals surface area contributed by atoms with Crippen LogP contribution >= 0.6 is 11.8 Å². The van der Waals surface area contributed by atoms with Crippen molar-refractivity contribution in [2.75, 3.05) is 0 Å². The second-order valence-corrected chi connectivity index (χ2v) is 7.28. The zero-order valence-electron chi connectivity index (χ0n) is 13.2. The highest BCUT2D eigenvalue weighted by Crippen LogP contribution is 2.27. The van der Waals surface area contributed by atoms with Crippen molar-refractivity contribution in [1.29, 1.82) is 0 Å². The first-order chi connectivity index (χ1) is 10.5. The zero-order chi connectivity index (χ0) is 15.7. The molecule has 1 aliphatic carbocycles. The molecule has 0 radical (unpaired) electrons. The van der Waals surface area contributed by atoms with Gasteiger partial charge in [-0.05, 0) is 56.9 Å². The van der Waals surface area contributed by atoms with Crippen LogP contribution in [0.4, 0.5) is 0 Å². The molecule has 3 rings (SSSR count). The van der Waals surface area contributed by atoms with Crippen LogP contribution in [0, 0.1) is 13.8 Å². The zero-order valence-corrected chi connectivity index (χ0v) is 14.0. The van der Waals surface area contributed by atoms with Gasteiger partial charge in [-0.3, -0.25) is 9.36 Å². The Labute approximate surface area is 135 Å². The van der Waals surface area contributed by atoms with Crippen LogP contribution in [-0.4, -0.2) is 26.8 Å². The van der Waals surface area contributed by atoms with Gasteiger partial charge in [-0.2, -0.15) is 0 Å². The number of rotatable bonds is 5. The van der Waals surface area contributed by atoms with E-state index in [1.54, 1.807) is 6.20 Å². The maximum atomic E-state index is 12.1. The van der Waals surface area contributed by atoms with Crippen LogP contribution in [0.3, 0.4) is 0 Å². The van der Waals surface area contributed by atoms with Gasteiger partial charge in [0.05, 0.1) is 5.25 Å². The first kappa shape index (κ1) is 15.2. The van der Waals surface area contributed by atoms with E-state index in [0.29, 0.717) is 6.04 Å². The number of aryl methyl sites for hydroxylation is 2. The second-order valence-electron chi connectivity index (χ2n) is 5.97. The van der Waals surface area contributed by atoms with Gasteiger partial charge in [0.1, 0.15) is 0 Å². The van der Waals surface area contributed by atoms with Gasteiger partial charge >= 0.3 is 0 Å².